The maximum absolute atomic E-state index is 11.6. The molecule has 0 saturated carbocycles. The third kappa shape index (κ3) is 4.54. The van der Waals surface area contributed by atoms with E-state index in [1.165, 1.54) is 0 Å². The van der Waals surface area contributed by atoms with Gasteiger partial charge in [0, 0.05) is 0 Å². The number of nitrogens with zero attached hydrogens (tertiary/aromatic N) is 3. The van der Waals surface area contributed by atoms with Crippen molar-refractivity contribution >= 4 is 17.7 Å². The second kappa shape index (κ2) is 7.76. The molecule has 1 aliphatic rings. The first kappa shape index (κ1) is 15.5. The standard InChI is InChI=1S/C13H24N3O3/c1-5-11(12(17)18-6-2)14-19-13(15(3)4)16-9-7-8-10-16/h5-10H2,1-4H3/q+1/b14-11-. The number of amidine groups is 1. The number of likely N-dealkylation sites (tertiary alicyclic amines) is 1. The van der Waals surface area contributed by atoms with E-state index in [9.17, 15) is 4.79 Å². The molecule has 0 N–H and O–H groups in total. The van der Waals surface area contributed by atoms with Crippen molar-refractivity contribution in [2.24, 2.45) is 5.16 Å². The average molecular weight is 270 g/mol. The Labute approximate surface area is 114 Å². The first-order valence-electron chi connectivity index (χ1n) is 6.80. The van der Waals surface area contributed by atoms with E-state index in [2.05, 4.69) is 10.1 Å². The second-order valence-electron chi connectivity index (χ2n) is 4.57. The number of esters is 1. The topological polar surface area (TPSA) is 54.1 Å². The number of carbonyl (C=O) groups excluding carboxylic acids is 1. The van der Waals surface area contributed by atoms with Crippen LogP contribution < -0.4 is 0 Å². The molecule has 0 unspecified atom stereocenters. The highest BCUT2D eigenvalue weighted by atomic mass is 16.7. The molecule has 1 fully saturated rings. The molecule has 0 radical (unpaired) electrons. The summed E-state index contributed by atoms with van der Waals surface area (Å²) in [5.74, 6) is -0.412. The van der Waals surface area contributed by atoms with Crippen LogP contribution in [0.15, 0.2) is 5.16 Å². The molecular weight excluding hydrogens is 246 g/mol. The molecule has 6 heteroatoms. The van der Waals surface area contributed by atoms with Gasteiger partial charge in [-0.3, -0.25) is 4.84 Å². The predicted octanol–water partition coefficient (Wildman–Crippen LogP) is 1.06. The molecule has 0 atom stereocenters. The van der Waals surface area contributed by atoms with E-state index < -0.39 is 5.97 Å². The van der Waals surface area contributed by atoms with Gasteiger partial charge in [-0.15, -0.1) is 0 Å². The van der Waals surface area contributed by atoms with E-state index in [1.807, 2.05) is 25.6 Å². The highest BCUT2D eigenvalue weighted by molar-refractivity contribution is 6.36. The number of oxime groups is 1. The molecule has 1 heterocycles. The molecule has 0 aromatic heterocycles. The molecule has 0 aliphatic carbocycles. The van der Waals surface area contributed by atoms with Crippen LogP contribution in [0, 0.1) is 0 Å². The predicted molar refractivity (Wildman–Crippen MR) is 73.4 cm³/mol. The van der Waals surface area contributed by atoms with Crippen LogP contribution in [-0.4, -0.2) is 61.0 Å². The van der Waals surface area contributed by atoms with Gasteiger partial charge in [0.25, 0.3) is 0 Å². The molecule has 0 spiro atoms. The van der Waals surface area contributed by atoms with Gasteiger partial charge in [0.05, 0.1) is 33.8 Å². The SMILES string of the molecule is CCOC(=O)/C(CC)=N\OC(N1CCCC1)=[N+](C)C. The summed E-state index contributed by atoms with van der Waals surface area (Å²) in [6.07, 6.45) is 2.80. The van der Waals surface area contributed by atoms with Crippen LogP contribution in [0.4, 0.5) is 0 Å². The molecule has 1 aliphatic heterocycles. The molecule has 0 bridgehead atoms. The van der Waals surface area contributed by atoms with Gasteiger partial charge in [0.1, 0.15) is 0 Å². The third-order valence-corrected chi connectivity index (χ3v) is 2.84. The Hall–Kier alpha value is -1.59. The average Bonchev–Trinajstić information content (AvgIpc) is 2.88. The van der Waals surface area contributed by atoms with Crippen molar-refractivity contribution in [3.63, 3.8) is 0 Å². The van der Waals surface area contributed by atoms with E-state index in [4.69, 9.17) is 9.57 Å². The second-order valence-corrected chi connectivity index (χ2v) is 4.57. The van der Waals surface area contributed by atoms with Crippen molar-refractivity contribution in [1.29, 1.82) is 0 Å². The molecule has 0 aromatic rings. The molecule has 108 valence electrons. The molecule has 0 aromatic carbocycles. The van der Waals surface area contributed by atoms with Crippen LogP contribution in [-0.2, 0) is 14.4 Å². The van der Waals surface area contributed by atoms with Gasteiger partial charge < -0.3 is 4.74 Å². The number of rotatable bonds is 4. The van der Waals surface area contributed by atoms with Crippen molar-refractivity contribution in [3.8, 4) is 0 Å². The van der Waals surface area contributed by atoms with Crippen molar-refractivity contribution in [2.75, 3.05) is 33.8 Å². The van der Waals surface area contributed by atoms with Crippen LogP contribution in [0.2, 0.25) is 0 Å². The maximum Gasteiger partial charge on any atom is 0.472 e. The van der Waals surface area contributed by atoms with E-state index in [-0.39, 0.29) is 0 Å². The normalized spacial score (nSPS) is 15.4. The first-order chi connectivity index (χ1) is 9.10. The number of carbonyl (C=O) groups is 1. The van der Waals surface area contributed by atoms with Crippen LogP contribution >= 0.6 is 0 Å². The summed E-state index contributed by atoms with van der Waals surface area (Å²) >= 11 is 0. The molecule has 1 rings (SSSR count). The summed E-state index contributed by atoms with van der Waals surface area (Å²) < 4.78 is 6.80. The summed E-state index contributed by atoms with van der Waals surface area (Å²) in [6, 6.07) is 0.674. The van der Waals surface area contributed by atoms with Crippen LogP contribution in [0.5, 0.6) is 0 Å². The minimum Gasteiger partial charge on any atom is -0.461 e. The molecular formula is C13H24N3O3+. The Morgan fingerprint density at radius 3 is 2.37 bits per heavy atom. The van der Waals surface area contributed by atoms with Crippen molar-refractivity contribution in [2.45, 2.75) is 33.1 Å². The lowest BCUT2D eigenvalue weighted by molar-refractivity contribution is -0.481. The maximum atomic E-state index is 11.6. The van der Waals surface area contributed by atoms with Gasteiger partial charge in [0.2, 0.25) is 0 Å². The Morgan fingerprint density at radius 2 is 1.89 bits per heavy atom. The van der Waals surface area contributed by atoms with Crippen molar-refractivity contribution in [3.05, 3.63) is 0 Å². The zero-order valence-electron chi connectivity index (χ0n) is 12.3. The zero-order chi connectivity index (χ0) is 14.3. The largest absolute Gasteiger partial charge is 0.472 e. The lowest BCUT2D eigenvalue weighted by atomic mass is 10.3. The zero-order valence-corrected chi connectivity index (χ0v) is 12.3. The molecule has 19 heavy (non-hydrogen) atoms. The van der Waals surface area contributed by atoms with Crippen LogP contribution in [0.25, 0.3) is 0 Å². The Morgan fingerprint density at radius 1 is 1.26 bits per heavy atom. The molecule has 1 saturated heterocycles. The summed E-state index contributed by atoms with van der Waals surface area (Å²) in [6.45, 7) is 5.89. The van der Waals surface area contributed by atoms with Gasteiger partial charge in [-0.05, 0) is 26.2 Å². The highest BCUT2D eigenvalue weighted by Gasteiger charge is 2.27. The quantitative estimate of drug-likeness (QED) is 0.252. The smallest absolute Gasteiger partial charge is 0.461 e. The fraction of sp³-hybridized carbons (Fsp3) is 0.769. The van der Waals surface area contributed by atoms with Gasteiger partial charge in [-0.1, -0.05) is 12.1 Å². The van der Waals surface area contributed by atoms with Crippen LogP contribution in [0.1, 0.15) is 33.1 Å². The van der Waals surface area contributed by atoms with Crippen molar-refractivity contribution < 1.29 is 18.9 Å². The monoisotopic (exact) mass is 270 g/mol. The fourth-order valence-corrected chi connectivity index (χ4v) is 1.89. The van der Waals surface area contributed by atoms with Crippen molar-refractivity contribution in [1.82, 2.24) is 4.90 Å². The van der Waals surface area contributed by atoms with Gasteiger partial charge in [-0.25, -0.2) is 14.3 Å². The number of hydrogen-bond donors (Lipinski definition) is 0. The lowest BCUT2D eigenvalue weighted by Crippen LogP contribution is -2.35. The number of ether oxygens (including phenoxy) is 1. The van der Waals surface area contributed by atoms with Crippen LogP contribution in [0.3, 0.4) is 0 Å². The fourth-order valence-electron chi connectivity index (χ4n) is 1.89. The summed E-state index contributed by atoms with van der Waals surface area (Å²) in [5.41, 5.74) is 0.306. The van der Waals surface area contributed by atoms with Gasteiger partial charge in [-0.2, -0.15) is 0 Å². The van der Waals surface area contributed by atoms with E-state index in [0.29, 0.717) is 24.8 Å². The minimum absolute atomic E-state index is 0.306. The van der Waals surface area contributed by atoms with E-state index >= 15 is 0 Å². The summed E-state index contributed by atoms with van der Waals surface area (Å²) in [5, 5.41) is 3.95. The summed E-state index contributed by atoms with van der Waals surface area (Å²) in [4.78, 5) is 19.2. The lowest BCUT2D eigenvalue weighted by Gasteiger charge is -2.11. The Kier molecular flexibility index (Phi) is 6.32. The van der Waals surface area contributed by atoms with E-state index in [1.54, 1.807) is 6.92 Å². The highest BCUT2D eigenvalue weighted by Crippen LogP contribution is 2.09. The number of hydrogen-bond acceptors (Lipinski definition) is 4. The van der Waals surface area contributed by atoms with Gasteiger partial charge >= 0.3 is 12.0 Å². The van der Waals surface area contributed by atoms with E-state index in [0.717, 1.165) is 25.9 Å². The molecule has 0 amide bonds. The Bertz CT molecular complexity index is 367. The first-order valence-corrected chi connectivity index (χ1v) is 6.80. The third-order valence-electron chi connectivity index (χ3n) is 2.84. The molecule has 6 nitrogen and oxygen atoms in total. The Balaban J connectivity index is 2.73. The summed E-state index contributed by atoms with van der Waals surface area (Å²) in [7, 11) is 3.80. The van der Waals surface area contributed by atoms with Gasteiger partial charge in [0.15, 0.2) is 5.71 Å². The minimum atomic E-state index is -0.412.